The molecule has 1 aromatic heterocycles. The summed E-state index contributed by atoms with van der Waals surface area (Å²) in [6.07, 6.45) is 6.20. The smallest absolute Gasteiger partial charge is 0.325 e. The number of pyridine rings is 1. The Balaban J connectivity index is 1.19. The van der Waals surface area contributed by atoms with E-state index in [9.17, 15) is 9.90 Å². The molecule has 3 atom stereocenters. The Morgan fingerprint density at radius 3 is 2.87 bits per heavy atom. The van der Waals surface area contributed by atoms with Gasteiger partial charge in [-0.25, -0.2) is 0 Å². The van der Waals surface area contributed by atoms with Crippen molar-refractivity contribution in [3.8, 4) is 0 Å². The van der Waals surface area contributed by atoms with Crippen molar-refractivity contribution < 1.29 is 14.6 Å². The lowest BCUT2D eigenvalue weighted by molar-refractivity contribution is -0.143. The van der Waals surface area contributed by atoms with Crippen LogP contribution in [0.2, 0.25) is 0 Å². The topological polar surface area (TPSA) is 74.7 Å². The molecule has 2 aliphatic rings. The van der Waals surface area contributed by atoms with Crippen molar-refractivity contribution in [1.29, 1.82) is 0 Å². The Kier molecular flexibility index (Phi) is 7.20. The molecular weight excluding hydrogens is 390 g/mol. The number of rotatable bonds is 9. The molecule has 0 saturated carbocycles. The summed E-state index contributed by atoms with van der Waals surface area (Å²) in [5.41, 5.74) is 4.38. The number of aliphatic carboxylic acids is 1. The number of carboxylic acid groups (broad SMARTS) is 1. The molecule has 2 aromatic rings. The zero-order chi connectivity index (χ0) is 21.6. The van der Waals surface area contributed by atoms with Gasteiger partial charge in [-0.3, -0.25) is 14.7 Å². The highest BCUT2D eigenvalue weighted by molar-refractivity contribution is 5.75. The van der Waals surface area contributed by atoms with Crippen molar-refractivity contribution in [3.63, 3.8) is 0 Å². The first-order valence-corrected chi connectivity index (χ1v) is 11.5. The van der Waals surface area contributed by atoms with Crippen LogP contribution >= 0.6 is 0 Å². The van der Waals surface area contributed by atoms with E-state index in [1.807, 2.05) is 35.2 Å². The first-order valence-electron chi connectivity index (χ1n) is 11.5. The number of aromatic nitrogens is 1. The molecule has 2 N–H and O–H groups in total. The summed E-state index contributed by atoms with van der Waals surface area (Å²) in [7, 11) is 0. The molecule has 3 heterocycles. The molecule has 6 nitrogen and oxygen atoms in total. The summed E-state index contributed by atoms with van der Waals surface area (Å²) in [5.74, 6) is -0.797. The van der Waals surface area contributed by atoms with Gasteiger partial charge in [0.2, 0.25) is 0 Å². The predicted molar refractivity (Wildman–Crippen MR) is 121 cm³/mol. The lowest BCUT2D eigenvalue weighted by Gasteiger charge is -2.24. The second-order valence-corrected chi connectivity index (χ2v) is 8.77. The first kappa shape index (κ1) is 21.8. The van der Waals surface area contributed by atoms with Crippen LogP contribution in [0.1, 0.15) is 55.6 Å². The van der Waals surface area contributed by atoms with Crippen LogP contribution in [0.5, 0.6) is 0 Å². The number of hydrogen-bond donors (Lipinski definition) is 2. The molecule has 1 aromatic carbocycles. The lowest BCUT2D eigenvalue weighted by atomic mass is 10.0. The number of aryl methyl sites for hydroxylation is 2. The van der Waals surface area contributed by atoms with Crippen LogP contribution < -0.4 is 5.32 Å². The second-order valence-electron chi connectivity index (χ2n) is 8.77. The third-order valence-corrected chi connectivity index (χ3v) is 6.32. The Morgan fingerprint density at radius 1 is 1.23 bits per heavy atom. The number of nitrogens with one attached hydrogen (secondary N) is 1. The summed E-state index contributed by atoms with van der Waals surface area (Å²) in [4.78, 5) is 18.7. The van der Waals surface area contributed by atoms with E-state index in [0.29, 0.717) is 19.2 Å². The maximum atomic E-state index is 11.8. The van der Waals surface area contributed by atoms with Gasteiger partial charge in [0.05, 0.1) is 17.5 Å². The van der Waals surface area contributed by atoms with E-state index < -0.39 is 12.0 Å². The monoisotopic (exact) mass is 423 g/mol. The summed E-state index contributed by atoms with van der Waals surface area (Å²) < 4.78 is 6.07. The van der Waals surface area contributed by atoms with Gasteiger partial charge in [0.15, 0.2) is 0 Å². The van der Waals surface area contributed by atoms with Crippen LogP contribution in [0.4, 0.5) is 5.69 Å². The quantitative estimate of drug-likeness (QED) is 0.593. The highest BCUT2D eigenvalue weighted by Gasteiger charge is 2.33. The maximum Gasteiger partial charge on any atom is 0.325 e. The zero-order valence-corrected chi connectivity index (χ0v) is 18.3. The fraction of sp³-hybridized carbons (Fsp3) is 0.520. The number of fused-ring (bicyclic) bond motifs is 1. The molecule has 0 amide bonds. The molecule has 0 bridgehead atoms. The molecule has 1 fully saturated rings. The van der Waals surface area contributed by atoms with Crippen molar-refractivity contribution in [2.24, 2.45) is 0 Å². The molecule has 4 rings (SSSR count). The molecule has 2 unspecified atom stereocenters. The SMILES string of the molecule is CC1CCc2nc(CCCCO[C@@H]3CCN(C(C(=O)O)c4ccccc4)C3)ccc2N1. The second kappa shape index (κ2) is 10.2. The van der Waals surface area contributed by atoms with E-state index in [4.69, 9.17) is 9.72 Å². The van der Waals surface area contributed by atoms with E-state index in [-0.39, 0.29) is 6.10 Å². The zero-order valence-electron chi connectivity index (χ0n) is 18.3. The fourth-order valence-corrected chi connectivity index (χ4v) is 4.63. The molecular formula is C25H33N3O3. The number of likely N-dealkylation sites (tertiary alicyclic amines) is 1. The summed E-state index contributed by atoms with van der Waals surface area (Å²) in [5, 5.41) is 13.2. The number of carbonyl (C=O) groups is 1. The van der Waals surface area contributed by atoms with E-state index in [2.05, 4.69) is 24.4 Å². The normalized spacial score (nSPS) is 22.0. The average molecular weight is 424 g/mol. The number of ether oxygens (including phenoxy) is 1. The van der Waals surface area contributed by atoms with Gasteiger partial charge in [-0.2, -0.15) is 0 Å². The van der Waals surface area contributed by atoms with Crippen LogP contribution in [-0.2, 0) is 22.4 Å². The van der Waals surface area contributed by atoms with Gasteiger partial charge < -0.3 is 15.2 Å². The Bertz CT molecular complexity index is 874. The molecule has 0 spiro atoms. The third kappa shape index (κ3) is 5.63. The van der Waals surface area contributed by atoms with Crippen LogP contribution in [-0.4, -0.2) is 52.8 Å². The molecule has 0 aliphatic carbocycles. The van der Waals surface area contributed by atoms with Gasteiger partial charge >= 0.3 is 5.97 Å². The molecule has 6 heteroatoms. The van der Waals surface area contributed by atoms with Crippen molar-refractivity contribution in [3.05, 3.63) is 59.4 Å². The molecule has 1 saturated heterocycles. The Morgan fingerprint density at radius 2 is 2.06 bits per heavy atom. The summed E-state index contributed by atoms with van der Waals surface area (Å²) in [6.45, 7) is 4.35. The third-order valence-electron chi connectivity index (χ3n) is 6.32. The van der Waals surface area contributed by atoms with Crippen molar-refractivity contribution in [1.82, 2.24) is 9.88 Å². The highest BCUT2D eigenvalue weighted by Crippen LogP contribution is 2.27. The van der Waals surface area contributed by atoms with Gasteiger partial charge in [0.25, 0.3) is 0 Å². The van der Waals surface area contributed by atoms with E-state index in [0.717, 1.165) is 56.3 Å². The van der Waals surface area contributed by atoms with Crippen LogP contribution in [0.25, 0.3) is 0 Å². The van der Waals surface area contributed by atoms with Crippen LogP contribution in [0.3, 0.4) is 0 Å². The van der Waals surface area contributed by atoms with Gasteiger partial charge in [-0.05, 0) is 63.1 Å². The highest BCUT2D eigenvalue weighted by atomic mass is 16.5. The fourth-order valence-electron chi connectivity index (χ4n) is 4.63. The summed E-state index contributed by atoms with van der Waals surface area (Å²) >= 11 is 0. The Labute approximate surface area is 184 Å². The van der Waals surface area contributed by atoms with E-state index >= 15 is 0 Å². The number of nitrogens with zero attached hydrogens (tertiary/aromatic N) is 2. The first-order chi connectivity index (χ1) is 15.1. The predicted octanol–water partition coefficient (Wildman–Crippen LogP) is 4.07. The largest absolute Gasteiger partial charge is 0.480 e. The minimum atomic E-state index is -0.797. The van der Waals surface area contributed by atoms with Crippen LogP contribution in [0, 0.1) is 0 Å². The molecule has 166 valence electrons. The minimum absolute atomic E-state index is 0.112. The van der Waals surface area contributed by atoms with Crippen molar-refractivity contribution in [2.75, 3.05) is 25.0 Å². The standard InChI is InChI=1S/C25H33N3O3/c1-18-10-12-23-22(26-18)13-11-20(27-23)9-5-6-16-31-21-14-15-28(17-21)24(25(29)30)19-7-3-2-4-8-19/h2-4,7-8,11,13,18,21,24,26H,5-6,9-10,12,14-17H2,1H3,(H,29,30)/t18?,21-,24?/m1/s1. The molecule has 0 radical (unpaired) electrons. The average Bonchev–Trinajstić information content (AvgIpc) is 3.22. The van der Waals surface area contributed by atoms with Gasteiger partial charge in [0, 0.05) is 31.4 Å². The number of benzene rings is 1. The molecule has 2 aliphatic heterocycles. The van der Waals surface area contributed by atoms with Crippen LogP contribution in [0.15, 0.2) is 42.5 Å². The van der Waals surface area contributed by atoms with Gasteiger partial charge in [-0.1, -0.05) is 30.3 Å². The minimum Gasteiger partial charge on any atom is -0.480 e. The maximum absolute atomic E-state index is 11.8. The van der Waals surface area contributed by atoms with Crippen molar-refractivity contribution in [2.45, 2.75) is 63.6 Å². The Hall–Kier alpha value is -2.44. The number of anilines is 1. The van der Waals surface area contributed by atoms with Crippen molar-refractivity contribution >= 4 is 11.7 Å². The van der Waals surface area contributed by atoms with E-state index in [1.165, 1.54) is 11.4 Å². The summed E-state index contributed by atoms with van der Waals surface area (Å²) in [6, 6.07) is 13.7. The van der Waals surface area contributed by atoms with Gasteiger partial charge in [0.1, 0.15) is 6.04 Å². The number of unbranched alkanes of at least 4 members (excludes halogenated alkanes) is 1. The number of carboxylic acids is 1. The lowest BCUT2D eigenvalue weighted by Crippen LogP contribution is -2.33. The number of hydrogen-bond acceptors (Lipinski definition) is 5. The van der Waals surface area contributed by atoms with E-state index in [1.54, 1.807) is 0 Å². The molecule has 31 heavy (non-hydrogen) atoms. The van der Waals surface area contributed by atoms with Gasteiger partial charge in [-0.15, -0.1) is 0 Å².